The van der Waals surface area contributed by atoms with Crippen molar-refractivity contribution < 1.29 is 4.79 Å². The molecule has 2 aromatic heterocycles. The Bertz CT molecular complexity index is 489. The first-order chi connectivity index (χ1) is 7.16. The van der Waals surface area contributed by atoms with Crippen LogP contribution in [-0.4, -0.2) is 25.7 Å². The van der Waals surface area contributed by atoms with E-state index in [4.69, 9.17) is 0 Å². The molecule has 0 bridgehead atoms. The number of nitrogens with one attached hydrogen (secondary N) is 2. The van der Waals surface area contributed by atoms with Crippen molar-refractivity contribution in [1.29, 1.82) is 0 Å². The van der Waals surface area contributed by atoms with Crippen molar-refractivity contribution in [1.82, 2.24) is 19.8 Å². The van der Waals surface area contributed by atoms with Crippen molar-refractivity contribution in [2.24, 2.45) is 0 Å². The van der Waals surface area contributed by atoms with E-state index in [0.717, 1.165) is 4.88 Å². The summed E-state index contributed by atoms with van der Waals surface area (Å²) in [6, 6.07) is 1.73. The highest BCUT2D eigenvalue weighted by Gasteiger charge is 2.12. The number of aromatic amines is 1. The fraction of sp³-hybridized carbons (Fsp3) is 0.250. The number of amides is 1. The number of nitrogens with zero attached hydrogens (tertiary/aromatic N) is 3. The summed E-state index contributed by atoms with van der Waals surface area (Å²) in [6.45, 7) is 3.65. The Morgan fingerprint density at radius 1 is 1.47 bits per heavy atom. The number of carbonyl (C=O) groups excluding carboxylic acids is 1. The van der Waals surface area contributed by atoms with Crippen LogP contribution in [0.3, 0.4) is 0 Å². The fourth-order valence-corrected chi connectivity index (χ4v) is 1.59. The summed E-state index contributed by atoms with van der Waals surface area (Å²) < 4.78 is 4.00. The van der Waals surface area contributed by atoms with Gasteiger partial charge in [0.05, 0.1) is 0 Å². The third-order valence-electron chi connectivity index (χ3n) is 1.81. The normalized spacial score (nSPS) is 10.3. The van der Waals surface area contributed by atoms with E-state index in [2.05, 4.69) is 25.1 Å². The van der Waals surface area contributed by atoms with E-state index in [-0.39, 0.29) is 5.91 Å². The summed E-state index contributed by atoms with van der Waals surface area (Å²) >= 11 is 1.29. The molecule has 0 aliphatic rings. The van der Waals surface area contributed by atoms with E-state index < -0.39 is 0 Å². The van der Waals surface area contributed by atoms with E-state index in [1.807, 2.05) is 6.92 Å². The fourth-order valence-electron chi connectivity index (χ4n) is 1.05. The van der Waals surface area contributed by atoms with Crippen LogP contribution in [0.1, 0.15) is 21.1 Å². The zero-order valence-corrected chi connectivity index (χ0v) is 9.05. The van der Waals surface area contributed by atoms with Gasteiger partial charge in [0.25, 0.3) is 5.91 Å². The van der Waals surface area contributed by atoms with Gasteiger partial charge < -0.3 is 5.32 Å². The molecule has 0 fully saturated rings. The predicted molar refractivity (Wildman–Crippen MR) is 55.9 cm³/mol. The number of hydrogen-bond acceptors (Lipinski definition) is 5. The van der Waals surface area contributed by atoms with Crippen LogP contribution in [0.2, 0.25) is 0 Å². The molecule has 6 nitrogen and oxygen atoms in total. The van der Waals surface area contributed by atoms with Crippen LogP contribution in [0, 0.1) is 13.8 Å². The van der Waals surface area contributed by atoms with Gasteiger partial charge in [0.1, 0.15) is 11.4 Å². The maximum atomic E-state index is 11.6. The third kappa shape index (κ3) is 2.01. The molecule has 0 aromatic carbocycles. The van der Waals surface area contributed by atoms with Gasteiger partial charge in [-0.15, -0.1) is 5.10 Å². The van der Waals surface area contributed by atoms with E-state index >= 15 is 0 Å². The SMILES string of the molecule is Cc1cc(C(=O)Nc2n[nH]nc2C)ns1. The summed E-state index contributed by atoms with van der Waals surface area (Å²) in [6.07, 6.45) is 0. The lowest BCUT2D eigenvalue weighted by Gasteiger charge is -1.97. The number of aromatic nitrogens is 4. The van der Waals surface area contributed by atoms with Crippen molar-refractivity contribution in [2.75, 3.05) is 5.32 Å². The Balaban J connectivity index is 2.14. The summed E-state index contributed by atoms with van der Waals surface area (Å²) in [5, 5.41) is 12.6. The second kappa shape index (κ2) is 3.77. The summed E-state index contributed by atoms with van der Waals surface area (Å²) in [7, 11) is 0. The first-order valence-corrected chi connectivity index (χ1v) is 5.06. The van der Waals surface area contributed by atoms with Crippen molar-refractivity contribution in [3.05, 3.63) is 22.3 Å². The number of rotatable bonds is 2. The zero-order valence-electron chi connectivity index (χ0n) is 8.24. The van der Waals surface area contributed by atoms with Crippen molar-refractivity contribution >= 4 is 23.3 Å². The third-order valence-corrected chi connectivity index (χ3v) is 2.51. The Morgan fingerprint density at radius 2 is 2.27 bits per heavy atom. The monoisotopic (exact) mass is 223 g/mol. The number of carbonyl (C=O) groups is 1. The van der Waals surface area contributed by atoms with Crippen LogP contribution >= 0.6 is 11.5 Å². The average Bonchev–Trinajstić information content (AvgIpc) is 2.77. The van der Waals surface area contributed by atoms with Crippen LogP contribution in [0.25, 0.3) is 0 Å². The van der Waals surface area contributed by atoms with Crippen LogP contribution in [-0.2, 0) is 0 Å². The van der Waals surface area contributed by atoms with E-state index in [9.17, 15) is 4.79 Å². The van der Waals surface area contributed by atoms with Gasteiger partial charge in [-0.05, 0) is 31.4 Å². The highest BCUT2D eigenvalue weighted by molar-refractivity contribution is 7.05. The first-order valence-electron chi connectivity index (χ1n) is 4.29. The minimum Gasteiger partial charge on any atom is -0.302 e. The molecule has 0 unspecified atom stereocenters. The number of hydrogen-bond donors (Lipinski definition) is 2. The Labute approximate surface area is 89.9 Å². The molecular formula is C8H9N5OS. The van der Waals surface area contributed by atoms with Gasteiger partial charge in [0.15, 0.2) is 5.82 Å². The molecule has 2 aromatic rings. The molecule has 0 aliphatic carbocycles. The topological polar surface area (TPSA) is 83.6 Å². The highest BCUT2D eigenvalue weighted by Crippen LogP contribution is 2.11. The second-order valence-electron chi connectivity index (χ2n) is 3.03. The molecule has 2 heterocycles. The number of anilines is 1. The Hall–Kier alpha value is -1.76. The van der Waals surface area contributed by atoms with Gasteiger partial charge in [-0.25, -0.2) is 0 Å². The molecule has 78 valence electrons. The molecule has 2 rings (SSSR count). The maximum Gasteiger partial charge on any atom is 0.276 e. The molecule has 0 saturated carbocycles. The lowest BCUT2D eigenvalue weighted by Crippen LogP contribution is -2.13. The second-order valence-corrected chi connectivity index (χ2v) is 4.04. The summed E-state index contributed by atoms with van der Waals surface area (Å²) in [5.74, 6) is 0.169. The molecule has 2 N–H and O–H groups in total. The van der Waals surface area contributed by atoms with E-state index in [0.29, 0.717) is 17.2 Å². The largest absolute Gasteiger partial charge is 0.302 e. The molecule has 1 amide bonds. The van der Waals surface area contributed by atoms with Gasteiger partial charge in [0, 0.05) is 4.88 Å². The number of aryl methyl sites for hydroxylation is 2. The standard InChI is InChI=1S/C8H9N5OS/c1-4-3-6(12-15-4)8(14)9-7-5(2)10-13-11-7/h3H,1-2H3,(H2,9,10,11,13,14). The smallest absolute Gasteiger partial charge is 0.276 e. The Kier molecular flexibility index (Phi) is 2.46. The van der Waals surface area contributed by atoms with Crippen molar-refractivity contribution in [2.45, 2.75) is 13.8 Å². The summed E-state index contributed by atoms with van der Waals surface area (Å²) in [5.41, 5.74) is 1.05. The van der Waals surface area contributed by atoms with E-state index in [1.165, 1.54) is 11.5 Å². The van der Waals surface area contributed by atoms with Gasteiger partial charge in [0.2, 0.25) is 0 Å². The predicted octanol–water partition coefficient (Wildman–Crippen LogP) is 1.13. The first kappa shape index (κ1) is 9.78. The average molecular weight is 223 g/mol. The van der Waals surface area contributed by atoms with Crippen LogP contribution < -0.4 is 5.32 Å². The molecule has 15 heavy (non-hydrogen) atoms. The van der Waals surface area contributed by atoms with Crippen molar-refractivity contribution in [3.63, 3.8) is 0 Å². The maximum absolute atomic E-state index is 11.6. The van der Waals surface area contributed by atoms with Crippen LogP contribution in [0.15, 0.2) is 6.07 Å². The van der Waals surface area contributed by atoms with Crippen LogP contribution in [0.4, 0.5) is 5.82 Å². The lowest BCUT2D eigenvalue weighted by molar-refractivity contribution is 0.102. The molecule has 0 saturated heterocycles. The molecule has 0 spiro atoms. The van der Waals surface area contributed by atoms with Gasteiger partial charge in [-0.1, -0.05) is 0 Å². The lowest BCUT2D eigenvalue weighted by atomic mass is 10.3. The molecule has 7 heteroatoms. The Morgan fingerprint density at radius 3 is 2.80 bits per heavy atom. The molecule has 0 radical (unpaired) electrons. The van der Waals surface area contributed by atoms with Gasteiger partial charge in [-0.3, -0.25) is 4.79 Å². The van der Waals surface area contributed by atoms with Gasteiger partial charge >= 0.3 is 0 Å². The number of H-pyrrole nitrogens is 1. The minimum atomic E-state index is -0.267. The highest BCUT2D eigenvalue weighted by atomic mass is 32.1. The summed E-state index contributed by atoms with van der Waals surface area (Å²) in [4.78, 5) is 12.6. The zero-order chi connectivity index (χ0) is 10.8. The van der Waals surface area contributed by atoms with Gasteiger partial charge in [-0.2, -0.15) is 14.7 Å². The quantitative estimate of drug-likeness (QED) is 0.799. The molecular weight excluding hydrogens is 214 g/mol. The minimum absolute atomic E-state index is 0.267. The van der Waals surface area contributed by atoms with Crippen molar-refractivity contribution in [3.8, 4) is 0 Å². The van der Waals surface area contributed by atoms with Crippen LogP contribution in [0.5, 0.6) is 0 Å². The van der Waals surface area contributed by atoms with E-state index in [1.54, 1.807) is 13.0 Å². The molecule has 0 atom stereocenters. The molecule has 0 aliphatic heterocycles.